The minimum absolute atomic E-state index is 0.0899. The minimum Gasteiger partial charge on any atom is -0.508 e. The molecule has 104 valence electrons. The zero-order chi connectivity index (χ0) is 14.0. The van der Waals surface area contributed by atoms with Crippen molar-refractivity contribution in [2.75, 3.05) is 13.1 Å². The molecule has 1 aliphatic rings. The van der Waals surface area contributed by atoms with E-state index < -0.39 is 0 Å². The van der Waals surface area contributed by atoms with Gasteiger partial charge in [0.25, 0.3) is 0 Å². The highest BCUT2D eigenvalue weighted by Gasteiger charge is 2.35. The highest BCUT2D eigenvalue weighted by Crippen LogP contribution is 2.34. The molecule has 0 aliphatic carbocycles. The van der Waals surface area contributed by atoms with Crippen molar-refractivity contribution >= 4 is 21.8 Å². The molecule has 1 amide bonds. The standard InChI is InChI=1S/C15H20BrNO2/c1-15(2)10-17(8-7-13(15)16)14(19)9-11-5-3-4-6-12(11)18/h3-6,13,18H,7-10H2,1-2H3. The van der Waals surface area contributed by atoms with Gasteiger partial charge in [0.1, 0.15) is 5.75 Å². The number of rotatable bonds is 2. The van der Waals surface area contributed by atoms with E-state index in [2.05, 4.69) is 29.8 Å². The Morgan fingerprint density at radius 2 is 2.16 bits per heavy atom. The monoisotopic (exact) mass is 325 g/mol. The molecule has 1 aliphatic heterocycles. The number of likely N-dealkylation sites (tertiary alicyclic amines) is 1. The van der Waals surface area contributed by atoms with Gasteiger partial charge in [0.2, 0.25) is 5.91 Å². The Labute approximate surface area is 122 Å². The maximum atomic E-state index is 12.3. The summed E-state index contributed by atoms with van der Waals surface area (Å²) in [6.07, 6.45) is 1.25. The van der Waals surface area contributed by atoms with Crippen molar-refractivity contribution in [1.29, 1.82) is 0 Å². The molecule has 1 N–H and O–H groups in total. The lowest BCUT2D eigenvalue weighted by Gasteiger charge is -2.42. The first-order chi connectivity index (χ1) is 8.90. The SMILES string of the molecule is CC1(C)CN(C(=O)Cc2ccccc2O)CCC1Br. The van der Waals surface area contributed by atoms with E-state index >= 15 is 0 Å². The fourth-order valence-corrected chi connectivity index (χ4v) is 2.83. The Morgan fingerprint density at radius 3 is 2.79 bits per heavy atom. The molecule has 1 atom stereocenters. The third-order valence-corrected chi connectivity index (χ3v) is 5.48. The van der Waals surface area contributed by atoms with Gasteiger partial charge in [0, 0.05) is 23.5 Å². The van der Waals surface area contributed by atoms with Crippen LogP contribution in [0.25, 0.3) is 0 Å². The molecule has 3 nitrogen and oxygen atoms in total. The molecule has 1 heterocycles. The molecule has 2 rings (SSSR count). The summed E-state index contributed by atoms with van der Waals surface area (Å²) in [5.41, 5.74) is 0.790. The molecule has 4 heteroatoms. The van der Waals surface area contributed by atoms with Gasteiger partial charge >= 0.3 is 0 Å². The van der Waals surface area contributed by atoms with Crippen LogP contribution in [0.4, 0.5) is 0 Å². The maximum Gasteiger partial charge on any atom is 0.227 e. The van der Waals surface area contributed by atoms with Crippen LogP contribution in [0, 0.1) is 5.41 Å². The number of amides is 1. The van der Waals surface area contributed by atoms with Gasteiger partial charge < -0.3 is 10.0 Å². The van der Waals surface area contributed by atoms with E-state index in [4.69, 9.17) is 0 Å². The van der Waals surface area contributed by atoms with Gasteiger partial charge in [0.05, 0.1) is 6.42 Å². The van der Waals surface area contributed by atoms with Crippen LogP contribution >= 0.6 is 15.9 Å². The lowest BCUT2D eigenvalue weighted by Crippen LogP contribution is -2.49. The number of para-hydroxylation sites is 1. The number of halogens is 1. The van der Waals surface area contributed by atoms with Crippen molar-refractivity contribution in [2.45, 2.75) is 31.5 Å². The molecule has 1 aromatic rings. The molecule has 0 saturated carbocycles. The number of aromatic hydroxyl groups is 1. The Hall–Kier alpha value is -1.03. The molecule has 19 heavy (non-hydrogen) atoms. The first-order valence-corrected chi connectivity index (χ1v) is 7.50. The maximum absolute atomic E-state index is 12.3. The lowest BCUT2D eigenvalue weighted by molar-refractivity contribution is -0.133. The normalized spacial score (nSPS) is 22.3. The second-order valence-electron chi connectivity index (χ2n) is 5.87. The Kier molecular flexibility index (Phi) is 4.19. The molecular formula is C15H20BrNO2. The molecule has 1 unspecified atom stereocenters. The van der Waals surface area contributed by atoms with Crippen molar-refractivity contribution in [3.63, 3.8) is 0 Å². The van der Waals surface area contributed by atoms with Crippen LogP contribution in [0.2, 0.25) is 0 Å². The third kappa shape index (κ3) is 3.30. The molecule has 1 fully saturated rings. The van der Waals surface area contributed by atoms with Crippen molar-refractivity contribution in [1.82, 2.24) is 4.90 Å². The van der Waals surface area contributed by atoms with Crippen LogP contribution in [0.15, 0.2) is 24.3 Å². The summed E-state index contributed by atoms with van der Waals surface area (Å²) >= 11 is 3.69. The van der Waals surface area contributed by atoms with Gasteiger partial charge in [-0.2, -0.15) is 0 Å². The van der Waals surface area contributed by atoms with Gasteiger partial charge in [-0.15, -0.1) is 0 Å². The number of carbonyl (C=O) groups is 1. The van der Waals surface area contributed by atoms with E-state index in [0.29, 0.717) is 10.4 Å². The van der Waals surface area contributed by atoms with Crippen molar-refractivity contribution < 1.29 is 9.90 Å². The molecule has 1 aromatic carbocycles. The zero-order valence-electron chi connectivity index (χ0n) is 11.4. The van der Waals surface area contributed by atoms with Gasteiger partial charge in [-0.1, -0.05) is 48.0 Å². The summed E-state index contributed by atoms with van der Waals surface area (Å²) in [7, 11) is 0. The fourth-order valence-electron chi connectivity index (χ4n) is 2.48. The van der Waals surface area contributed by atoms with Gasteiger partial charge in [-0.25, -0.2) is 0 Å². The van der Waals surface area contributed by atoms with Gasteiger partial charge in [0.15, 0.2) is 0 Å². The fraction of sp³-hybridized carbons (Fsp3) is 0.533. The number of hydrogen-bond donors (Lipinski definition) is 1. The minimum atomic E-state index is 0.0899. The summed E-state index contributed by atoms with van der Waals surface area (Å²) in [5.74, 6) is 0.291. The second kappa shape index (κ2) is 5.53. The Bertz CT molecular complexity index is 473. The molecule has 0 spiro atoms. The predicted molar refractivity (Wildman–Crippen MR) is 79.5 cm³/mol. The number of nitrogens with zero attached hydrogens (tertiary/aromatic N) is 1. The van der Waals surface area contributed by atoms with Crippen LogP contribution in [-0.2, 0) is 11.2 Å². The van der Waals surface area contributed by atoms with Crippen LogP contribution in [0.5, 0.6) is 5.75 Å². The van der Waals surface area contributed by atoms with E-state index in [9.17, 15) is 9.90 Å². The van der Waals surface area contributed by atoms with Crippen molar-refractivity contribution in [3.05, 3.63) is 29.8 Å². The average Bonchev–Trinajstić information content (AvgIpc) is 2.35. The average molecular weight is 326 g/mol. The molecule has 0 bridgehead atoms. The van der Waals surface area contributed by atoms with E-state index in [0.717, 1.165) is 19.5 Å². The second-order valence-corrected chi connectivity index (χ2v) is 6.97. The molecule has 0 aromatic heterocycles. The molecule has 1 saturated heterocycles. The largest absolute Gasteiger partial charge is 0.508 e. The smallest absolute Gasteiger partial charge is 0.227 e. The van der Waals surface area contributed by atoms with Crippen LogP contribution in [0.3, 0.4) is 0 Å². The number of carbonyl (C=O) groups excluding carboxylic acids is 1. The van der Waals surface area contributed by atoms with Crippen molar-refractivity contribution in [3.8, 4) is 5.75 Å². The Balaban J connectivity index is 2.03. The lowest BCUT2D eigenvalue weighted by atomic mass is 9.84. The molecule has 0 radical (unpaired) electrons. The number of phenols is 1. The quantitative estimate of drug-likeness (QED) is 0.849. The topological polar surface area (TPSA) is 40.5 Å². The number of phenolic OH excluding ortho intramolecular Hbond substituents is 1. The van der Waals surface area contributed by atoms with Crippen LogP contribution in [-0.4, -0.2) is 33.8 Å². The van der Waals surface area contributed by atoms with E-state index in [1.54, 1.807) is 18.2 Å². The first kappa shape index (κ1) is 14.4. The number of hydrogen-bond acceptors (Lipinski definition) is 2. The third-order valence-electron chi connectivity index (χ3n) is 3.78. The highest BCUT2D eigenvalue weighted by molar-refractivity contribution is 9.09. The molecular weight excluding hydrogens is 306 g/mol. The van der Waals surface area contributed by atoms with Crippen LogP contribution < -0.4 is 0 Å². The number of benzene rings is 1. The van der Waals surface area contributed by atoms with Gasteiger partial charge in [-0.05, 0) is 17.9 Å². The first-order valence-electron chi connectivity index (χ1n) is 6.59. The summed E-state index contributed by atoms with van der Waals surface area (Å²) in [5, 5.41) is 9.72. The van der Waals surface area contributed by atoms with Crippen LogP contribution in [0.1, 0.15) is 25.8 Å². The summed E-state index contributed by atoms with van der Waals surface area (Å²) < 4.78 is 0. The number of piperidine rings is 1. The summed E-state index contributed by atoms with van der Waals surface area (Å²) in [6, 6.07) is 7.03. The van der Waals surface area contributed by atoms with E-state index in [-0.39, 0.29) is 23.5 Å². The van der Waals surface area contributed by atoms with Gasteiger partial charge in [-0.3, -0.25) is 4.79 Å². The predicted octanol–water partition coefficient (Wildman–Crippen LogP) is 2.96. The summed E-state index contributed by atoms with van der Waals surface area (Å²) in [4.78, 5) is 14.7. The highest BCUT2D eigenvalue weighted by atomic mass is 79.9. The zero-order valence-corrected chi connectivity index (χ0v) is 13.0. The number of alkyl halides is 1. The Morgan fingerprint density at radius 1 is 1.47 bits per heavy atom. The summed E-state index contributed by atoms with van der Waals surface area (Å²) in [6.45, 7) is 5.89. The van der Waals surface area contributed by atoms with E-state index in [1.165, 1.54) is 0 Å². The van der Waals surface area contributed by atoms with Crippen molar-refractivity contribution in [2.24, 2.45) is 5.41 Å². The van der Waals surface area contributed by atoms with E-state index in [1.807, 2.05) is 11.0 Å².